The molecule has 24 heavy (non-hydrogen) atoms. The molecule has 0 aromatic carbocycles. The van der Waals surface area contributed by atoms with Gasteiger partial charge in [-0.15, -0.1) is 0 Å². The molecule has 0 atom stereocenters. The van der Waals surface area contributed by atoms with E-state index < -0.39 is 10.2 Å². The second kappa shape index (κ2) is 12.0. The summed E-state index contributed by atoms with van der Waals surface area (Å²) in [5.74, 6) is 4.52. The predicted molar refractivity (Wildman–Crippen MR) is 94.3 cm³/mol. The van der Waals surface area contributed by atoms with Crippen LogP contribution in [0.4, 0.5) is 15.5 Å². The molecule has 0 spiro atoms. The van der Waals surface area contributed by atoms with Gasteiger partial charge in [0.15, 0.2) is 0 Å². The molecule has 0 aliphatic carbocycles. The molecule has 10 nitrogen and oxygen atoms in total. The molecule has 2 amide bonds. The van der Waals surface area contributed by atoms with Gasteiger partial charge in [0.2, 0.25) is 0 Å². The third-order valence-electron chi connectivity index (χ3n) is 2.22. The van der Waals surface area contributed by atoms with E-state index in [-0.39, 0.29) is 11.1 Å². The lowest BCUT2D eigenvalue weighted by Gasteiger charge is -1.96. The van der Waals surface area contributed by atoms with Gasteiger partial charge in [0, 0.05) is 0 Å². The van der Waals surface area contributed by atoms with E-state index in [1.807, 2.05) is 6.92 Å². The summed E-state index contributed by atoms with van der Waals surface area (Å²) >= 11 is 4.92. The van der Waals surface area contributed by atoms with Gasteiger partial charge in [0.25, 0.3) is 5.24 Å². The summed E-state index contributed by atoms with van der Waals surface area (Å²) in [4.78, 5) is 30.2. The monoisotopic (exact) mass is 374 g/mol. The van der Waals surface area contributed by atoms with Crippen molar-refractivity contribution in [2.45, 2.75) is 13.3 Å². The molecule has 0 bridgehead atoms. The maximum Gasteiger partial charge on any atom is 0.433 e. The normalized spacial score (nSPS) is 10.7. The van der Waals surface area contributed by atoms with Gasteiger partial charge in [-0.05, 0) is 30.4 Å². The first-order valence-corrected chi connectivity index (χ1v) is 7.96. The van der Waals surface area contributed by atoms with Crippen molar-refractivity contribution in [3.05, 3.63) is 33.6 Å². The van der Waals surface area contributed by atoms with Crippen molar-refractivity contribution >= 4 is 53.0 Å². The Hall–Kier alpha value is -2.44. The molecule has 0 aliphatic heterocycles. The van der Waals surface area contributed by atoms with Crippen LogP contribution in [0, 0.1) is 10.1 Å². The predicted octanol–water partition coefficient (Wildman–Crippen LogP) is 2.16. The van der Waals surface area contributed by atoms with Crippen LogP contribution in [0.25, 0.3) is 6.08 Å². The highest BCUT2D eigenvalue weighted by atomic mass is 32.2. The number of nitro groups is 1. The lowest BCUT2D eigenvalue weighted by atomic mass is 10.2. The zero-order valence-corrected chi connectivity index (χ0v) is 14.5. The van der Waals surface area contributed by atoms with Crippen molar-refractivity contribution in [1.82, 2.24) is 10.9 Å². The fourth-order valence-corrected chi connectivity index (χ4v) is 1.29. The van der Waals surface area contributed by atoms with Crippen molar-refractivity contribution < 1.29 is 18.9 Å². The molecule has 0 saturated carbocycles. The SMILES string of the molecule is CCC(C=NNC(=O)SC)=Cc1ccc([N+](=O)[O-])o1.NNC(=O)[S-]. The van der Waals surface area contributed by atoms with E-state index >= 15 is 0 Å². The maximum atomic E-state index is 10.9. The van der Waals surface area contributed by atoms with Crippen LogP contribution in [-0.2, 0) is 12.6 Å². The Labute approximate surface area is 147 Å². The Kier molecular flexibility index (Phi) is 10.8. The molecule has 0 fully saturated rings. The number of nitrogens with zero attached hydrogens (tertiary/aromatic N) is 2. The van der Waals surface area contributed by atoms with Crippen LogP contribution in [0.15, 0.2) is 27.2 Å². The van der Waals surface area contributed by atoms with E-state index in [9.17, 15) is 19.7 Å². The highest BCUT2D eigenvalue weighted by Crippen LogP contribution is 2.18. The van der Waals surface area contributed by atoms with Gasteiger partial charge in [-0.2, -0.15) is 5.10 Å². The Balaban J connectivity index is 0.000000922. The number of rotatable bonds is 5. The van der Waals surface area contributed by atoms with Gasteiger partial charge in [0.1, 0.15) is 15.9 Å². The molecule has 132 valence electrons. The summed E-state index contributed by atoms with van der Waals surface area (Å²) in [6.07, 6.45) is 5.39. The van der Waals surface area contributed by atoms with Crippen molar-refractivity contribution in [1.29, 1.82) is 0 Å². The number of furan rings is 1. The first-order chi connectivity index (χ1) is 11.3. The number of carbonyl (C=O) groups excluding carboxylic acids is 2. The molecular formula is C12H16N5O5S2-. The molecular weight excluding hydrogens is 358 g/mol. The standard InChI is InChI=1S/C11H13N3O4S.CH4N2OS/c1-3-8(7-12-13-11(15)19-2)6-9-4-5-10(18-9)14(16)17;2-3-1(4)5/h4-7H,3H2,1-2H3,(H,13,15);2H2,(H2,3,4,5)/p-1. The van der Waals surface area contributed by atoms with Crippen LogP contribution < -0.4 is 16.7 Å². The van der Waals surface area contributed by atoms with Crippen LogP contribution >= 0.6 is 11.8 Å². The molecule has 12 heteroatoms. The molecule has 0 unspecified atom stereocenters. The molecule has 1 aromatic heterocycles. The number of amides is 2. The summed E-state index contributed by atoms with van der Waals surface area (Å²) in [5.41, 5.74) is 4.79. The van der Waals surface area contributed by atoms with E-state index in [0.717, 1.165) is 17.3 Å². The minimum absolute atomic E-state index is 0.264. The Morgan fingerprint density at radius 3 is 2.58 bits per heavy atom. The van der Waals surface area contributed by atoms with Crippen molar-refractivity contribution in [2.75, 3.05) is 6.26 Å². The second-order valence-electron chi connectivity index (χ2n) is 3.80. The number of carbonyl (C=O) groups is 2. The van der Waals surface area contributed by atoms with Gasteiger partial charge in [-0.1, -0.05) is 18.7 Å². The number of nitrogens with one attached hydrogen (secondary N) is 2. The van der Waals surface area contributed by atoms with Crippen LogP contribution in [0.1, 0.15) is 19.1 Å². The second-order valence-corrected chi connectivity index (χ2v) is 4.95. The topological polar surface area (TPSA) is 153 Å². The van der Waals surface area contributed by atoms with E-state index in [2.05, 4.69) is 29.0 Å². The van der Waals surface area contributed by atoms with Gasteiger partial charge >= 0.3 is 5.88 Å². The van der Waals surface area contributed by atoms with Crippen LogP contribution in [0.5, 0.6) is 0 Å². The number of nitrogens with two attached hydrogens (primary N) is 1. The van der Waals surface area contributed by atoms with Gasteiger partial charge < -0.3 is 27.3 Å². The number of allylic oxidation sites excluding steroid dienone is 1. The molecule has 1 rings (SSSR count). The first kappa shape index (κ1) is 21.6. The fraction of sp³-hybridized carbons (Fsp3) is 0.250. The van der Waals surface area contributed by atoms with Crippen molar-refractivity contribution in [3.8, 4) is 0 Å². The van der Waals surface area contributed by atoms with Gasteiger partial charge in [-0.25, -0.2) is 11.3 Å². The van der Waals surface area contributed by atoms with Crippen LogP contribution in [0.2, 0.25) is 0 Å². The van der Waals surface area contributed by atoms with Crippen molar-refractivity contribution in [3.63, 3.8) is 0 Å². The summed E-state index contributed by atoms with van der Waals surface area (Å²) in [5, 5.41) is 13.3. The first-order valence-electron chi connectivity index (χ1n) is 6.33. The average Bonchev–Trinajstić information content (AvgIpc) is 3.03. The minimum Gasteiger partial charge on any atom is -0.718 e. The smallest absolute Gasteiger partial charge is 0.433 e. The summed E-state index contributed by atoms with van der Waals surface area (Å²) in [7, 11) is 0. The zero-order chi connectivity index (χ0) is 18.5. The number of hydrogen-bond donors (Lipinski definition) is 3. The number of hydrogen-bond acceptors (Lipinski definition) is 9. The van der Waals surface area contributed by atoms with E-state index in [0.29, 0.717) is 12.2 Å². The lowest BCUT2D eigenvalue weighted by molar-refractivity contribution is -0.402. The molecule has 0 aliphatic rings. The number of hydrazine groups is 1. The average molecular weight is 374 g/mol. The summed E-state index contributed by atoms with van der Waals surface area (Å²) in [6.45, 7) is 1.89. The third-order valence-corrected chi connectivity index (χ3v) is 2.80. The summed E-state index contributed by atoms with van der Waals surface area (Å²) < 4.78 is 5.00. The van der Waals surface area contributed by atoms with Crippen LogP contribution in [0.3, 0.4) is 0 Å². The number of thioether (sulfide) groups is 1. The maximum absolute atomic E-state index is 10.9. The van der Waals surface area contributed by atoms with Gasteiger partial charge in [0.05, 0.1) is 12.3 Å². The van der Waals surface area contributed by atoms with E-state index in [4.69, 9.17) is 4.42 Å². The molecule has 1 aromatic rings. The highest BCUT2D eigenvalue weighted by molar-refractivity contribution is 8.12. The van der Waals surface area contributed by atoms with E-state index in [1.165, 1.54) is 18.3 Å². The number of hydrazone groups is 1. The Bertz CT molecular complexity index is 629. The third kappa shape index (κ3) is 9.55. The van der Waals surface area contributed by atoms with Crippen molar-refractivity contribution in [2.24, 2.45) is 10.9 Å². The molecule has 0 saturated heterocycles. The fourth-order valence-electron chi connectivity index (χ4n) is 1.14. The molecule has 0 radical (unpaired) electrons. The highest BCUT2D eigenvalue weighted by Gasteiger charge is 2.10. The van der Waals surface area contributed by atoms with Crippen LogP contribution in [-0.4, -0.2) is 27.9 Å². The summed E-state index contributed by atoms with van der Waals surface area (Å²) in [6, 6.07) is 2.79. The van der Waals surface area contributed by atoms with E-state index in [1.54, 1.807) is 17.8 Å². The largest absolute Gasteiger partial charge is 0.718 e. The van der Waals surface area contributed by atoms with Gasteiger partial charge in [-0.3, -0.25) is 14.9 Å². The Morgan fingerprint density at radius 2 is 2.17 bits per heavy atom. The quantitative estimate of drug-likeness (QED) is 0.177. The molecule has 4 N–H and O–H groups in total. The molecule has 1 heterocycles. The lowest BCUT2D eigenvalue weighted by Crippen LogP contribution is -2.26. The Morgan fingerprint density at radius 1 is 1.54 bits per heavy atom. The minimum atomic E-state index is -0.634. The zero-order valence-electron chi connectivity index (χ0n) is 12.8.